The molecule has 1 heterocycles. The molecular weight excluding hydrogens is 553 g/mol. The fourth-order valence-electron chi connectivity index (χ4n) is 3.71. The van der Waals surface area contributed by atoms with Gasteiger partial charge < -0.3 is 25.6 Å². The molecule has 2 amide bonds. The normalized spacial score (nSPS) is 14.2. The van der Waals surface area contributed by atoms with Gasteiger partial charge in [0.05, 0.1) is 19.9 Å². The van der Waals surface area contributed by atoms with Crippen LogP contribution in [0.1, 0.15) is 43.3 Å². The van der Waals surface area contributed by atoms with E-state index in [0.29, 0.717) is 27.8 Å². The number of nitrogens with two attached hydrogens (primary N) is 1. The Hall–Kier alpha value is -4.17. The average molecular weight is 581 g/mol. The zero-order valence-electron chi connectivity index (χ0n) is 21.5. The van der Waals surface area contributed by atoms with Crippen molar-refractivity contribution in [2.24, 2.45) is 5.73 Å². The molecule has 10 nitrogen and oxygen atoms in total. The second-order valence-electron chi connectivity index (χ2n) is 8.60. The third-order valence-corrected chi connectivity index (χ3v) is 6.76. The highest BCUT2D eigenvalue weighted by Crippen LogP contribution is 2.30. The summed E-state index contributed by atoms with van der Waals surface area (Å²) in [6.07, 6.45) is -2.52. The van der Waals surface area contributed by atoms with E-state index in [1.165, 1.54) is 18.4 Å². The number of carbonyl (C=O) groups excluding carboxylic acids is 2. The third kappa shape index (κ3) is 8.16. The Bertz CT molecular complexity index is 1380. The number of nitrogens with zero attached hydrogens (tertiary/aromatic N) is 1. The van der Waals surface area contributed by atoms with Crippen LogP contribution in [-0.2, 0) is 24.2 Å². The van der Waals surface area contributed by atoms with Gasteiger partial charge in [0.15, 0.2) is 16.6 Å². The van der Waals surface area contributed by atoms with E-state index in [0.717, 1.165) is 35.4 Å². The lowest BCUT2D eigenvalue weighted by Gasteiger charge is -2.15. The Morgan fingerprint density at radius 3 is 2.40 bits per heavy atom. The predicted octanol–water partition coefficient (Wildman–Crippen LogP) is 3.79. The number of methoxy groups -OCH3 is 2. The molecule has 4 rings (SSSR count). The first-order chi connectivity index (χ1) is 18.9. The summed E-state index contributed by atoms with van der Waals surface area (Å²) in [6.45, 7) is 0.276. The number of hydrogen-bond acceptors (Lipinski definition) is 8. The van der Waals surface area contributed by atoms with Crippen molar-refractivity contribution in [1.29, 1.82) is 0 Å². The van der Waals surface area contributed by atoms with Crippen molar-refractivity contribution in [3.63, 3.8) is 0 Å². The highest BCUT2D eigenvalue weighted by Gasteiger charge is 2.38. The molecule has 0 bridgehead atoms. The number of anilines is 1. The Labute approximate surface area is 231 Å². The van der Waals surface area contributed by atoms with E-state index in [-0.39, 0.29) is 24.4 Å². The first-order valence-electron chi connectivity index (χ1n) is 11.9. The molecule has 1 aromatic heterocycles. The number of benzene rings is 2. The molecule has 40 heavy (non-hydrogen) atoms. The van der Waals surface area contributed by atoms with Gasteiger partial charge in [0.25, 0.3) is 11.8 Å². The molecule has 0 spiro atoms. The Morgan fingerprint density at radius 1 is 1.07 bits per heavy atom. The first-order valence-corrected chi connectivity index (χ1v) is 12.7. The minimum absolute atomic E-state index is 0.160. The molecule has 0 radical (unpaired) electrons. The smallest absolute Gasteiger partial charge is 0.490 e. The minimum atomic E-state index is -5.08. The molecule has 0 saturated carbocycles. The molecule has 0 saturated heterocycles. The average Bonchev–Trinajstić information content (AvgIpc) is 3.32. The summed E-state index contributed by atoms with van der Waals surface area (Å²) in [5.74, 6) is -2.21. The van der Waals surface area contributed by atoms with E-state index < -0.39 is 12.1 Å². The van der Waals surface area contributed by atoms with Gasteiger partial charge in [0.2, 0.25) is 0 Å². The topological polar surface area (TPSA) is 153 Å². The molecule has 1 aliphatic carbocycles. The summed E-state index contributed by atoms with van der Waals surface area (Å²) in [5, 5.41) is 13.5. The van der Waals surface area contributed by atoms with Crippen molar-refractivity contribution >= 4 is 34.3 Å². The molecular formula is C26H27F3N4O6S. The maximum absolute atomic E-state index is 12.8. The van der Waals surface area contributed by atoms with Crippen molar-refractivity contribution in [2.45, 2.75) is 38.0 Å². The lowest BCUT2D eigenvalue weighted by molar-refractivity contribution is -0.192. The van der Waals surface area contributed by atoms with Gasteiger partial charge in [0, 0.05) is 28.6 Å². The number of aliphatic carboxylic acids is 1. The highest BCUT2D eigenvalue weighted by atomic mass is 32.1. The monoisotopic (exact) mass is 580 g/mol. The second kappa shape index (κ2) is 13.3. The van der Waals surface area contributed by atoms with Crippen LogP contribution in [0.25, 0.3) is 0 Å². The van der Waals surface area contributed by atoms with Gasteiger partial charge >= 0.3 is 12.1 Å². The molecule has 214 valence electrons. The number of amides is 2. The van der Waals surface area contributed by atoms with Crippen LogP contribution in [0, 0.1) is 0 Å². The van der Waals surface area contributed by atoms with Crippen LogP contribution in [0.3, 0.4) is 0 Å². The van der Waals surface area contributed by atoms with E-state index in [2.05, 4.69) is 15.6 Å². The van der Waals surface area contributed by atoms with Gasteiger partial charge in [-0.3, -0.25) is 14.9 Å². The van der Waals surface area contributed by atoms with Crippen LogP contribution in [0.2, 0.25) is 0 Å². The number of aromatic nitrogens is 1. The number of ether oxygens (including phenoxy) is 2. The number of aryl methyl sites for hydroxylation is 1. The van der Waals surface area contributed by atoms with Crippen LogP contribution in [-0.4, -0.2) is 54.3 Å². The zero-order valence-corrected chi connectivity index (χ0v) is 22.3. The summed E-state index contributed by atoms with van der Waals surface area (Å²) in [7, 11) is 3.06. The van der Waals surface area contributed by atoms with Crippen LogP contribution in [0.15, 0.2) is 42.5 Å². The molecule has 3 aromatic rings. The zero-order chi connectivity index (χ0) is 29.4. The molecule has 14 heteroatoms. The number of alkyl halides is 3. The largest absolute Gasteiger partial charge is 0.493 e. The van der Waals surface area contributed by atoms with Gasteiger partial charge in [-0.2, -0.15) is 13.2 Å². The van der Waals surface area contributed by atoms with E-state index >= 15 is 0 Å². The van der Waals surface area contributed by atoms with E-state index in [1.54, 1.807) is 43.5 Å². The maximum Gasteiger partial charge on any atom is 0.490 e. The number of fused-ring (bicyclic) bond motifs is 1. The number of nitrogens with one attached hydrogen (secondary N) is 2. The number of hydrogen-bond donors (Lipinski definition) is 4. The Balaban J connectivity index is 0.000000559. The number of carboxylic acid groups (broad SMARTS) is 1. The van der Waals surface area contributed by atoms with E-state index in [4.69, 9.17) is 25.1 Å². The fraction of sp³-hybridized carbons (Fsp3) is 0.308. The minimum Gasteiger partial charge on any atom is -0.493 e. The number of carbonyl (C=O) groups is 3. The Morgan fingerprint density at radius 2 is 1.75 bits per heavy atom. The molecule has 0 unspecified atom stereocenters. The highest BCUT2D eigenvalue weighted by molar-refractivity contribution is 7.15. The first kappa shape index (κ1) is 30.4. The van der Waals surface area contributed by atoms with Gasteiger partial charge in [-0.05, 0) is 55.2 Å². The molecule has 0 fully saturated rings. The van der Waals surface area contributed by atoms with Gasteiger partial charge in [-0.15, -0.1) is 11.3 Å². The van der Waals surface area contributed by atoms with E-state index in [1.807, 2.05) is 6.07 Å². The van der Waals surface area contributed by atoms with Crippen LogP contribution < -0.4 is 25.8 Å². The van der Waals surface area contributed by atoms with Crippen molar-refractivity contribution in [3.8, 4) is 11.5 Å². The summed E-state index contributed by atoms with van der Waals surface area (Å²) in [5.41, 5.74) is 8.82. The lowest BCUT2D eigenvalue weighted by Crippen LogP contribution is -2.27. The fourth-order valence-corrected chi connectivity index (χ4v) is 4.80. The Kier molecular flexibility index (Phi) is 10.1. The number of thiazole rings is 1. The summed E-state index contributed by atoms with van der Waals surface area (Å²) >= 11 is 1.48. The number of carboxylic acids is 1. The lowest BCUT2D eigenvalue weighted by atomic mass is 9.99. The van der Waals surface area contributed by atoms with Crippen molar-refractivity contribution in [1.82, 2.24) is 10.3 Å². The molecule has 2 aromatic carbocycles. The van der Waals surface area contributed by atoms with Crippen LogP contribution in [0.4, 0.5) is 18.3 Å². The third-order valence-electron chi connectivity index (χ3n) is 5.73. The van der Waals surface area contributed by atoms with Crippen LogP contribution >= 0.6 is 11.3 Å². The van der Waals surface area contributed by atoms with Gasteiger partial charge in [-0.1, -0.05) is 12.1 Å². The number of halogens is 3. The second-order valence-corrected chi connectivity index (χ2v) is 9.69. The van der Waals surface area contributed by atoms with Gasteiger partial charge in [0.1, 0.15) is 0 Å². The maximum atomic E-state index is 12.8. The molecule has 5 N–H and O–H groups in total. The van der Waals surface area contributed by atoms with Crippen molar-refractivity contribution in [2.75, 3.05) is 19.5 Å². The summed E-state index contributed by atoms with van der Waals surface area (Å²) in [4.78, 5) is 39.9. The quantitative estimate of drug-likeness (QED) is 0.329. The van der Waals surface area contributed by atoms with E-state index in [9.17, 15) is 22.8 Å². The summed E-state index contributed by atoms with van der Waals surface area (Å²) < 4.78 is 42.2. The molecule has 1 atom stereocenters. The molecule has 1 aliphatic rings. The summed E-state index contributed by atoms with van der Waals surface area (Å²) in [6, 6.07) is 12.3. The SMILES string of the molecule is COc1ccc(C(=O)NCc2cccc(C(=O)Nc3nc4c(s3)C[C@H](N)CC4)c2)cc1OC.O=C(O)C(F)(F)F. The standard InChI is InChI=1S/C24H26N4O4S.C2HF3O2/c1-31-19-9-6-16(11-20(19)32-2)22(29)26-13-14-4-3-5-15(10-14)23(30)28-24-27-18-8-7-17(25)12-21(18)33-24;3-2(4,5)1(6)7/h3-6,9-11,17H,7-8,12-13,25H2,1-2H3,(H,26,29)(H,27,28,30);(H,6,7)/t17-;/m1./s1. The predicted molar refractivity (Wildman–Crippen MR) is 141 cm³/mol. The van der Waals surface area contributed by atoms with Gasteiger partial charge in [-0.25, -0.2) is 9.78 Å². The van der Waals surface area contributed by atoms with Crippen molar-refractivity contribution in [3.05, 3.63) is 69.7 Å². The molecule has 0 aliphatic heterocycles. The number of rotatable bonds is 7. The van der Waals surface area contributed by atoms with Crippen molar-refractivity contribution < 1.29 is 42.1 Å². The van der Waals surface area contributed by atoms with Crippen LogP contribution in [0.5, 0.6) is 11.5 Å².